The third kappa shape index (κ3) is 1.75. The van der Waals surface area contributed by atoms with Crippen molar-refractivity contribution in [1.82, 2.24) is 0 Å². The molecule has 0 saturated carbocycles. The summed E-state index contributed by atoms with van der Waals surface area (Å²) >= 11 is 0. The second-order valence-corrected chi connectivity index (χ2v) is 5.63. The van der Waals surface area contributed by atoms with Crippen molar-refractivity contribution in [2.24, 2.45) is 11.8 Å². The molecule has 4 atom stereocenters. The summed E-state index contributed by atoms with van der Waals surface area (Å²) in [5.74, 6) is -1.66. The van der Waals surface area contributed by atoms with Crippen molar-refractivity contribution in [2.75, 3.05) is 12.0 Å². The Labute approximate surface area is 130 Å². The van der Waals surface area contributed by atoms with Crippen LogP contribution in [0.15, 0.2) is 30.4 Å². The first-order valence-electron chi connectivity index (χ1n) is 7.07. The van der Waals surface area contributed by atoms with Gasteiger partial charge in [0.25, 0.3) is 5.69 Å². The predicted molar refractivity (Wildman–Crippen MR) is 76.9 cm³/mol. The van der Waals surface area contributed by atoms with Crippen LogP contribution in [-0.2, 0) is 14.3 Å². The number of anilines is 1. The summed E-state index contributed by atoms with van der Waals surface area (Å²) in [7, 11) is 1.34. The predicted octanol–water partition coefficient (Wildman–Crippen LogP) is 1.05. The Balaban J connectivity index is 1.76. The maximum atomic E-state index is 12.7. The molecule has 0 unspecified atom stereocenters. The molecule has 118 valence electrons. The van der Waals surface area contributed by atoms with E-state index in [-0.39, 0.29) is 41.1 Å². The summed E-state index contributed by atoms with van der Waals surface area (Å²) in [4.78, 5) is 36.7. The minimum absolute atomic E-state index is 0.113. The second kappa shape index (κ2) is 4.63. The number of non-ortho nitro benzene ring substituents is 1. The van der Waals surface area contributed by atoms with E-state index in [1.54, 1.807) is 12.2 Å². The second-order valence-electron chi connectivity index (χ2n) is 5.63. The van der Waals surface area contributed by atoms with Gasteiger partial charge in [-0.05, 0) is 6.07 Å². The molecule has 3 aliphatic heterocycles. The molecule has 0 aromatic heterocycles. The van der Waals surface area contributed by atoms with Gasteiger partial charge in [0.2, 0.25) is 11.8 Å². The number of methoxy groups -OCH3 is 1. The Morgan fingerprint density at radius 2 is 1.78 bits per heavy atom. The van der Waals surface area contributed by atoms with Gasteiger partial charge in [0.15, 0.2) is 0 Å². The lowest BCUT2D eigenvalue weighted by Crippen LogP contribution is -2.34. The van der Waals surface area contributed by atoms with Crippen LogP contribution in [-0.4, -0.2) is 36.1 Å². The molecule has 3 heterocycles. The number of hydrogen-bond acceptors (Lipinski definition) is 6. The monoisotopic (exact) mass is 316 g/mol. The first-order valence-corrected chi connectivity index (χ1v) is 7.07. The Morgan fingerprint density at radius 3 is 2.30 bits per heavy atom. The maximum Gasteiger partial charge on any atom is 0.273 e. The van der Waals surface area contributed by atoms with E-state index in [1.165, 1.54) is 25.3 Å². The summed E-state index contributed by atoms with van der Waals surface area (Å²) in [6, 6.07) is 3.81. The van der Waals surface area contributed by atoms with Crippen molar-refractivity contribution >= 4 is 23.2 Å². The van der Waals surface area contributed by atoms with E-state index < -0.39 is 16.8 Å². The molecular weight excluding hydrogens is 304 g/mol. The molecule has 1 aromatic rings. The van der Waals surface area contributed by atoms with Crippen LogP contribution < -0.4 is 9.64 Å². The Hall–Kier alpha value is -2.74. The zero-order valence-corrected chi connectivity index (χ0v) is 12.0. The van der Waals surface area contributed by atoms with Crippen molar-refractivity contribution < 1.29 is 24.0 Å². The molecule has 3 aliphatic rings. The van der Waals surface area contributed by atoms with E-state index >= 15 is 0 Å². The number of nitro groups is 1. The Kier molecular flexibility index (Phi) is 2.79. The number of imide groups is 1. The summed E-state index contributed by atoms with van der Waals surface area (Å²) in [6.07, 6.45) is 2.84. The van der Waals surface area contributed by atoms with Gasteiger partial charge in [-0.1, -0.05) is 12.2 Å². The smallest absolute Gasteiger partial charge is 0.273 e. The van der Waals surface area contributed by atoms with E-state index in [2.05, 4.69) is 0 Å². The van der Waals surface area contributed by atoms with Gasteiger partial charge in [-0.15, -0.1) is 0 Å². The topological polar surface area (TPSA) is 99.0 Å². The molecule has 2 bridgehead atoms. The highest BCUT2D eigenvalue weighted by molar-refractivity contribution is 6.23. The minimum Gasteiger partial charge on any atom is -0.494 e. The van der Waals surface area contributed by atoms with Gasteiger partial charge >= 0.3 is 0 Å². The van der Waals surface area contributed by atoms with Gasteiger partial charge in [-0.3, -0.25) is 19.7 Å². The molecule has 2 fully saturated rings. The van der Waals surface area contributed by atoms with E-state index in [4.69, 9.17) is 9.47 Å². The van der Waals surface area contributed by atoms with Gasteiger partial charge in [0.05, 0.1) is 47.8 Å². The fourth-order valence-corrected chi connectivity index (χ4v) is 3.51. The van der Waals surface area contributed by atoms with Crippen molar-refractivity contribution in [3.8, 4) is 5.75 Å². The number of carbonyl (C=O) groups is 2. The molecule has 4 rings (SSSR count). The van der Waals surface area contributed by atoms with E-state index in [9.17, 15) is 19.7 Å². The molecule has 0 radical (unpaired) electrons. The summed E-state index contributed by atoms with van der Waals surface area (Å²) in [6.45, 7) is 0. The van der Waals surface area contributed by atoms with Crippen LogP contribution >= 0.6 is 0 Å². The lowest BCUT2D eigenvalue weighted by atomic mass is 9.85. The fraction of sp³-hybridized carbons (Fsp3) is 0.333. The van der Waals surface area contributed by atoms with Gasteiger partial charge in [-0.25, -0.2) is 4.90 Å². The van der Waals surface area contributed by atoms with Crippen LogP contribution in [0.1, 0.15) is 0 Å². The van der Waals surface area contributed by atoms with E-state index in [0.29, 0.717) is 0 Å². The minimum atomic E-state index is -0.563. The normalized spacial score (nSPS) is 30.9. The quantitative estimate of drug-likeness (QED) is 0.358. The molecule has 0 spiro atoms. The van der Waals surface area contributed by atoms with Gasteiger partial charge in [0, 0.05) is 6.07 Å². The third-order valence-electron chi connectivity index (χ3n) is 4.53. The van der Waals surface area contributed by atoms with Crippen LogP contribution in [0.5, 0.6) is 5.75 Å². The van der Waals surface area contributed by atoms with Crippen molar-refractivity contribution in [2.45, 2.75) is 12.2 Å². The molecule has 2 amide bonds. The SMILES string of the molecule is COc1cc([N+](=O)[O-])ccc1N1C(=O)[C@@H]2[C@H](C1=O)[C@@H]1C=C[C@@H]2O1. The van der Waals surface area contributed by atoms with Crippen molar-refractivity contribution in [3.63, 3.8) is 0 Å². The number of fused-ring (bicyclic) bond motifs is 5. The average Bonchev–Trinajstić information content (AvgIpc) is 3.21. The molecule has 0 aliphatic carbocycles. The van der Waals surface area contributed by atoms with Gasteiger partial charge in [0.1, 0.15) is 5.75 Å². The summed E-state index contributed by atoms with van der Waals surface area (Å²) in [5, 5.41) is 10.9. The largest absolute Gasteiger partial charge is 0.494 e. The summed E-state index contributed by atoms with van der Waals surface area (Å²) in [5.41, 5.74) is 0.0526. The maximum absolute atomic E-state index is 12.7. The number of amides is 2. The van der Waals surface area contributed by atoms with Crippen LogP contribution in [0.2, 0.25) is 0 Å². The number of nitrogens with zero attached hydrogens (tertiary/aromatic N) is 2. The van der Waals surface area contributed by atoms with Crippen LogP contribution in [0, 0.1) is 22.0 Å². The highest BCUT2D eigenvalue weighted by Crippen LogP contribution is 2.47. The standard InChI is InChI=1S/C15H12N2O6/c1-22-11-6-7(17(20)21)2-3-8(11)16-14(18)12-9-4-5-10(23-9)13(12)15(16)19/h2-6,9-10,12-13H,1H3/t9-,10-,12-,13+/m0/s1. The number of nitro benzene ring substituents is 1. The zero-order valence-electron chi connectivity index (χ0n) is 12.0. The number of hydrogen-bond donors (Lipinski definition) is 0. The average molecular weight is 316 g/mol. The number of ether oxygens (including phenoxy) is 2. The first kappa shape index (κ1) is 13.9. The molecule has 8 heteroatoms. The van der Waals surface area contributed by atoms with Gasteiger partial charge < -0.3 is 9.47 Å². The molecule has 2 saturated heterocycles. The molecular formula is C15H12N2O6. The molecule has 0 N–H and O–H groups in total. The van der Waals surface area contributed by atoms with Gasteiger partial charge in [-0.2, -0.15) is 0 Å². The Bertz CT molecular complexity index is 743. The van der Waals surface area contributed by atoms with E-state index in [0.717, 1.165) is 4.90 Å². The Morgan fingerprint density at radius 1 is 1.17 bits per heavy atom. The highest BCUT2D eigenvalue weighted by atomic mass is 16.6. The first-order chi connectivity index (χ1) is 11.0. The van der Waals surface area contributed by atoms with Crippen LogP contribution in [0.4, 0.5) is 11.4 Å². The number of benzene rings is 1. The molecule has 23 heavy (non-hydrogen) atoms. The number of rotatable bonds is 3. The van der Waals surface area contributed by atoms with Crippen molar-refractivity contribution in [1.29, 1.82) is 0 Å². The highest BCUT2D eigenvalue weighted by Gasteiger charge is 2.61. The molecule has 8 nitrogen and oxygen atoms in total. The third-order valence-corrected chi connectivity index (χ3v) is 4.53. The van der Waals surface area contributed by atoms with Crippen molar-refractivity contribution in [3.05, 3.63) is 40.5 Å². The van der Waals surface area contributed by atoms with Crippen LogP contribution in [0.3, 0.4) is 0 Å². The zero-order chi connectivity index (χ0) is 16.3. The van der Waals surface area contributed by atoms with E-state index in [1.807, 2.05) is 0 Å². The number of carbonyl (C=O) groups excluding carboxylic acids is 2. The summed E-state index contributed by atoms with van der Waals surface area (Å²) < 4.78 is 10.7. The fourth-order valence-electron chi connectivity index (χ4n) is 3.51. The lowest BCUT2D eigenvalue weighted by Gasteiger charge is -2.19. The lowest BCUT2D eigenvalue weighted by molar-refractivity contribution is -0.384. The molecule has 1 aromatic carbocycles. The van der Waals surface area contributed by atoms with Crippen LogP contribution in [0.25, 0.3) is 0 Å².